The Morgan fingerprint density at radius 3 is 2.59 bits per heavy atom. The van der Waals surface area contributed by atoms with Crippen molar-refractivity contribution in [1.29, 1.82) is 0 Å². The van der Waals surface area contributed by atoms with E-state index in [0.717, 1.165) is 0 Å². The maximum atomic E-state index is 14.5. The molecule has 29 heavy (non-hydrogen) atoms. The number of carbonyl (C=O) groups excluding carboxylic acids is 1. The number of amides is 1. The lowest BCUT2D eigenvalue weighted by Crippen LogP contribution is -2.28. The Morgan fingerprint density at radius 1 is 1.17 bits per heavy atom. The summed E-state index contributed by atoms with van der Waals surface area (Å²) in [5.74, 6) is -0.906. The van der Waals surface area contributed by atoms with Gasteiger partial charge in [0.25, 0.3) is 0 Å². The van der Waals surface area contributed by atoms with Crippen LogP contribution < -0.4 is 9.47 Å². The highest BCUT2D eigenvalue weighted by Gasteiger charge is 2.35. The van der Waals surface area contributed by atoms with Crippen molar-refractivity contribution in [1.82, 2.24) is 5.01 Å². The molecule has 0 saturated carbocycles. The third-order valence-electron chi connectivity index (χ3n) is 4.70. The number of hydrogen-bond donors (Lipinski definition) is 1. The SMILES string of the molecule is COc1ccc(OC)c(C2=NN(C(=O)CCC(=O)O)C(c3ccccc3F)C2)c1. The monoisotopic (exact) mass is 400 g/mol. The summed E-state index contributed by atoms with van der Waals surface area (Å²) in [7, 11) is 3.05. The van der Waals surface area contributed by atoms with Crippen molar-refractivity contribution in [3.05, 3.63) is 59.4 Å². The fraction of sp³-hybridized carbons (Fsp3) is 0.286. The first-order chi connectivity index (χ1) is 13.9. The summed E-state index contributed by atoms with van der Waals surface area (Å²) < 4.78 is 25.1. The fourth-order valence-corrected chi connectivity index (χ4v) is 3.26. The molecule has 1 aliphatic heterocycles. The van der Waals surface area contributed by atoms with Gasteiger partial charge in [0.15, 0.2) is 0 Å². The van der Waals surface area contributed by atoms with E-state index < -0.39 is 23.7 Å². The summed E-state index contributed by atoms with van der Waals surface area (Å²) in [4.78, 5) is 23.5. The standard InChI is InChI=1S/C21H21FN2O5/c1-28-13-7-8-19(29-2)15(11-13)17-12-18(14-5-3-4-6-16(14)22)24(23-17)20(25)9-10-21(26)27/h3-8,11,18H,9-10,12H2,1-2H3,(H,26,27). The van der Waals surface area contributed by atoms with Crippen LogP contribution in [-0.4, -0.2) is 41.9 Å². The first-order valence-electron chi connectivity index (χ1n) is 9.02. The molecule has 152 valence electrons. The molecular formula is C21H21FN2O5. The molecule has 2 aromatic carbocycles. The van der Waals surface area contributed by atoms with E-state index in [0.29, 0.717) is 28.3 Å². The third-order valence-corrected chi connectivity index (χ3v) is 4.70. The molecule has 1 amide bonds. The minimum atomic E-state index is -1.08. The fourth-order valence-electron chi connectivity index (χ4n) is 3.26. The average molecular weight is 400 g/mol. The number of hydrazone groups is 1. The predicted molar refractivity (Wildman–Crippen MR) is 104 cm³/mol. The number of carboxylic acids is 1. The third kappa shape index (κ3) is 4.37. The number of methoxy groups -OCH3 is 2. The molecule has 8 heteroatoms. The molecule has 0 radical (unpaired) electrons. The minimum absolute atomic E-state index is 0.230. The summed E-state index contributed by atoms with van der Waals surface area (Å²) in [6, 6.07) is 10.7. The summed E-state index contributed by atoms with van der Waals surface area (Å²) in [6.45, 7) is 0. The molecule has 0 fully saturated rings. The average Bonchev–Trinajstić information content (AvgIpc) is 3.16. The Hall–Kier alpha value is -3.42. The van der Waals surface area contributed by atoms with Gasteiger partial charge in [-0.25, -0.2) is 9.40 Å². The smallest absolute Gasteiger partial charge is 0.303 e. The van der Waals surface area contributed by atoms with Crippen LogP contribution in [0.1, 0.15) is 36.4 Å². The maximum Gasteiger partial charge on any atom is 0.303 e. The molecule has 0 spiro atoms. The van der Waals surface area contributed by atoms with Gasteiger partial charge in [0.05, 0.1) is 32.4 Å². The molecule has 0 saturated heterocycles. The molecular weight excluding hydrogens is 379 g/mol. The normalized spacial score (nSPS) is 15.8. The first-order valence-corrected chi connectivity index (χ1v) is 9.02. The number of rotatable bonds is 7. The highest BCUT2D eigenvalue weighted by molar-refractivity contribution is 6.05. The number of carboxylic acid groups (broad SMARTS) is 1. The van der Waals surface area contributed by atoms with Crippen molar-refractivity contribution in [2.75, 3.05) is 14.2 Å². The van der Waals surface area contributed by atoms with Gasteiger partial charge >= 0.3 is 5.97 Å². The quantitative estimate of drug-likeness (QED) is 0.770. The zero-order valence-electron chi connectivity index (χ0n) is 16.1. The molecule has 1 heterocycles. The molecule has 3 rings (SSSR count). The zero-order chi connectivity index (χ0) is 21.0. The van der Waals surface area contributed by atoms with Crippen molar-refractivity contribution in [2.45, 2.75) is 25.3 Å². The van der Waals surface area contributed by atoms with Crippen LogP contribution in [0.25, 0.3) is 0 Å². The van der Waals surface area contributed by atoms with Crippen molar-refractivity contribution >= 4 is 17.6 Å². The second-order valence-corrected chi connectivity index (χ2v) is 6.49. The molecule has 1 atom stereocenters. The Bertz CT molecular complexity index is 960. The zero-order valence-corrected chi connectivity index (χ0v) is 16.1. The van der Waals surface area contributed by atoms with E-state index in [-0.39, 0.29) is 19.3 Å². The highest BCUT2D eigenvalue weighted by Crippen LogP contribution is 2.37. The van der Waals surface area contributed by atoms with Gasteiger partial charge in [0, 0.05) is 24.0 Å². The van der Waals surface area contributed by atoms with Gasteiger partial charge < -0.3 is 14.6 Å². The van der Waals surface area contributed by atoms with E-state index in [1.165, 1.54) is 25.3 Å². The maximum absolute atomic E-state index is 14.5. The van der Waals surface area contributed by atoms with Gasteiger partial charge in [0.2, 0.25) is 5.91 Å². The molecule has 0 bridgehead atoms. The van der Waals surface area contributed by atoms with Crippen LogP contribution in [0.4, 0.5) is 4.39 Å². The van der Waals surface area contributed by atoms with Crippen molar-refractivity contribution in [3.63, 3.8) is 0 Å². The minimum Gasteiger partial charge on any atom is -0.497 e. The Morgan fingerprint density at radius 2 is 1.93 bits per heavy atom. The van der Waals surface area contributed by atoms with Gasteiger partial charge in [-0.15, -0.1) is 0 Å². The Kier molecular flexibility index (Phi) is 6.11. The number of nitrogens with zero attached hydrogens (tertiary/aromatic N) is 2. The van der Waals surface area contributed by atoms with Gasteiger partial charge in [-0.1, -0.05) is 18.2 Å². The lowest BCUT2D eigenvalue weighted by atomic mass is 9.97. The Balaban J connectivity index is 2.01. The number of ether oxygens (including phenoxy) is 2. The van der Waals surface area contributed by atoms with Crippen LogP contribution in [0.2, 0.25) is 0 Å². The molecule has 1 N–H and O–H groups in total. The largest absolute Gasteiger partial charge is 0.497 e. The molecule has 1 aliphatic rings. The van der Waals surface area contributed by atoms with Crippen molar-refractivity contribution in [2.24, 2.45) is 5.10 Å². The topological polar surface area (TPSA) is 88.4 Å². The summed E-state index contributed by atoms with van der Waals surface area (Å²) in [5.41, 5.74) is 1.47. The Labute approximate surface area is 167 Å². The molecule has 7 nitrogen and oxygen atoms in total. The van der Waals surface area contributed by atoms with Crippen LogP contribution in [0, 0.1) is 5.82 Å². The van der Waals surface area contributed by atoms with Crippen molar-refractivity contribution in [3.8, 4) is 11.5 Å². The first kappa shape index (κ1) is 20.3. The second-order valence-electron chi connectivity index (χ2n) is 6.49. The van der Waals surface area contributed by atoms with Crippen LogP contribution >= 0.6 is 0 Å². The van der Waals surface area contributed by atoms with E-state index in [1.54, 1.807) is 36.4 Å². The van der Waals surface area contributed by atoms with Crippen molar-refractivity contribution < 1.29 is 28.6 Å². The molecule has 2 aromatic rings. The van der Waals surface area contributed by atoms with Gasteiger partial charge in [0.1, 0.15) is 17.3 Å². The molecule has 1 unspecified atom stereocenters. The highest BCUT2D eigenvalue weighted by atomic mass is 19.1. The number of benzene rings is 2. The van der Waals surface area contributed by atoms with Gasteiger partial charge in [-0.3, -0.25) is 9.59 Å². The van der Waals surface area contributed by atoms with Crippen LogP contribution in [0.5, 0.6) is 11.5 Å². The number of carbonyl (C=O) groups is 2. The van der Waals surface area contributed by atoms with Crippen LogP contribution in [-0.2, 0) is 9.59 Å². The summed E-state index contributed by atoms with van der Waals surface area (Å²) in [6.07, 6.45) is -0.303. The lowest BCUT2D eigenvalue weighted by molar-refractivity contribution is -0.141. The molecule has 0 aromatic heterocycles. The lowest BCUT2D eigenvalue weighted by Gasteiger charge is -2.22. The van der Waals surface area contributed by atoms with E-state index >= 15 is 0 Å². The van der Waals surface area contributed by atoms with Crippen LogP contribution in [0.3, 0.4) is 0 Å². The van der Waals surface area contributed by atoms with E-state index in [9.17, 15) is 14.0 Å². The number of halogens is 1. The number of aliphatic carboxylic acids is 1. The van der Waals surface area contributed by atoms with E-state index in [2.05, 4.69) is 5.10 Å². The van der Waals surface area contributed by atoms with E-state index in [1.807, 2.05) is 0 Å². The van der Waals surface area contributed by atoms with E-state index in [4.69, 9.17) is 14.6 Å². The summed E-state index contributed by atoms with van der Waals surface area (Å²) in [5, 5.41) is 14.5. The van der Waals surface area contributed by atoms with Gasteiger partial charge in [-0.2, -0.15) is 5.10 Å². The second kappa shape index (κ2) is 8.72. The van der Waals surface area contributed by atoms with Gasteiger partial charge in [-0.05, 0) is 24.3 Å². The predicted octanol–water partition coefficient (Wildman–Crippen LogP) is 3.39. The van der Waals surface area contributed by atoms with Crippen LogP contribution in [0.15, 0.2) is 47.6 Å². The number of hydrogen-bond acceptors (Lipinski definition) is 5. The summed E-state index contributed by atoms with van der Waals surface area (Å²) >= 11 is 0. The molecule has 0 aliphatic carbocycles.